The van der Waals surface area contributed by atoms with Crippen molar-refractivity contribution in [2.45, 2.75) is 4.90 Å². The zero-order chi connectivity index (χ0) is 18.7. The Bertz CT molecular complexity index is 1060. The van der Waals surface area contributed by atoms with Crippen LogP contribution in [0.2, 0.25) is 0 Å². The van der Waals surface area contributed by atoms with Crippen LogP contribution in [0.4, 0.5) is 0 Å². The van der Waals surface area contributed by atoms with Crippen molar-refractivity contribution in [2.24, 2.45) is 4.40 Å². The van der Waals surface area contributed by atoms with Crippen molar-refractivity contribution < 1.29 is 12.8 Å². The fourth-order valence-electron chi connectivity index (χ4n) is 2.15. The molecule has 0 fully saturated rings. The van der Waals surface area contributed by atoms with Gasteiger partial charge in [-0.25, -0.2) is 0 Å². The Morgan fingerprint density at radius 1 is 1.08 bits per heavy atom. The Morgan fingerprint density at radius 2 is 1.81 bits per heavy atom. The molecule has 0 aliphatic heterocycles. The van der Waals surface area contributed by atoms with Gasteiger partial charge in [-0.05, 0) is 30.3 Å². The van der Waals surface area contributed by atoms with Crippen LogP contribution < -0.4 is 0 Å². The van der Waals surface area contributed by atoms with Crippen LogP contribution >= 0.6 is 15.9 Å². The van der Waals surface area contributed by atoms with Crippen LogP contribution in [-0.4, -0.2) is 43.9 Å². The average Bonchev–Trinajstić information content (AvgIpc) is 3.10. The third-order valence-electron chi connectivity index (χ3n) is 3.31. The summed E-state index contributed by atoms with van der Waals surface area (Å²) < 4.78 is 35.3. The minimum Gasteiger partial charge on any atom is -0.416 e. The van der Waals surface area contributed by atoms with Crippen LogP contribution in [0.3, 0.4) is 0 Å². The second-order valence-electron chi connectivity index (χ2n) is 5.58. The van der Waals surface area contributed by atoms with Gasteiger partial charge in [-0.2, -0.15) is 8.42 Å². The number of rotatable bonds is 5. The minimum absolute atomic E-state index is 0.00235. The molecule has 2 aromatic carbocycles. The van der Waals surface area contributed by atoms with E-state index in [0.29, 0.717) is 11.5 Å². The number of nitrogens with zero attached hydrogens (tertiary/aromatic N) is 4. The molecule has 0 saturated carbocycles. The van der Waals surface area contributed by atoms with Gasteiger partial charge in [-0.1, -0.05) is 34.1 Å². The monoisotopic (exact) mass is 434 g/mol. The number of hydrogen-bond acceptors (Lipinski definition) is 5. The van der Waals surface area contributed by atoms with Gasteiger partial charge in [0.05, 0.1) is 5.56 Å². The molecule has 7 nitrogen and oxygen atoms in total. The van der Waals surface area contributed by atoms with Gasteiger partial charge in [0.25, 0.3) is 10.0 Å². The van der Waals surface area contributed by atoms with Crippen LogP contribution in [0.5, 0.6) is 0 Å². The minimum atomic E-state index is -3.90. The van der Waals surface area contributed by atoms with E-state index in [-0.39, 0.29) is 10.8 Å². The van der Waals surface area contributed by atoms with Crippen molar-refractivity contribution in [1.29, 1.82) is 0 Å². The molecule has 0 aliphatic carbocycles. The largest absolute Gasteiger partial charge is 0.416 e. The Hall–Kier alpha value is -2.52. The normalized spacial score (nSPS) is 11.8. The number of sulfonamides is 1. The number of hydrogen-bond donors (Lipinski definition) is 0. The fourth-order valence-corrected chi connectivity index (χ4v) is 3.66. The molecule has 0 aliphatic rings. The van der Waals surface area contributed by atoms with E-state index in [1.54, 1.807) is 32.3 Å². The third-order valence-corrected chi connectivity index (χ3v) is 5.09. The Labute approximate surface area is 159 Å². The molecule has 0 atom stereocenters. The molecule has 1 heterocycles. The van der Waals surface area contributed by atoms with E-state index in [4.69, 9.17) is 4.42 Å². The molecule has 0 unspecified atom stereocenters. The molecule has 0 amide bonds. The van der Waals surface area contributed by atoms with Gasteiger partial charge in [0.1, 0.15) is 11.2 Å². The first kappa shape index (κ1) is 18.3. The molecule has 0 bridgehead atoms. The van der Waals surface area contributed by atoms with E-state index < -0.39 is 10.0 Å². The maximum atomic E-state index is 12.5. The quantitative estimate of drug-likeness (QED) is 0.451. The lowest BCUT2D eigenvalue weighted by atomic mass is 10.2. The smallest absolute Gasteiger partial charge is 0.284 e. The maximum absolute atomic E-state index is 12.5. The van der Waals surface area contributed by atoms with E-state index in [9.17, 15) is 8.42 Å². The lowest BCUT2D eigenvalue weighted by molar-refractivity contribution is 0.578. The SMILES string of the molecule is CN(C)/C=N\S(=O)(=O)c1ccccc1-c1nnc(-c2cccc(Br)c2)o1. The van der Waals surface area contributed by atoms with E-state index in [1.807, 2.05) is 24.3 Å². The Morgan fingerprint density at radius 3 is 2.54 bits per heavy atom. The molecule has 9 heteroatoms. The van der Waals surface area contributed by atoms with Crippen LogP contribution in [-0.2, 0) is 10.0 Å². The van der Waals surface area contributed by atoms with Gasteiger partial charge in [-0.3, -0.25) is 0 Å². The molecule has 3 aromatic rings. The van der Waals surface area contributed by atoms with Crippen molar-refractivity contribution in [3.8, 4) is 22.9 Å². The first-order valence-corrected chi connectivity index (χ1v) is 9.76. The van der Waals surface area contributed by atoms with Crippen molar-refractivity contribution in [3.05, 3.63) is 53.0 Å². The summed E-state index contributed by atoms with van der Waals surface area (Å²) in [6.45, 7) is 0. The van der Waals surface area contributed by atoms with Crippen LogP contribution in [0, 0.1) is 0 Å². The van der Waals surface area contributed by atoms with Crippen LogP contribution in [0.1, 0.15) is 0 Å². The highest BCUT2D eigenvalue weighted by atomic mass is 79.9. The molecular weight excluding hydrogens is 420 g/mol. The summed E-state index contributed by atoms with van der Waals surface area (Å²) in [5, 5.41) is 8.03. The first-order valence-electron chi connectivity index (χ1n) is 7.52. The summed E-state index contributed by atoms with van der Waals surface area (Å²) in [5.74, 6) is 0.407. The summed E-state index contributed by atoms with van der Waals surface area (Å²) in [5.41, 5.74) is 1.03. The average molecular weight is 435 g/mol. The summed E-state index contributed by atoms with van der Waals surface area (Å²) in [6.07, 6.45) is 1.23. The zero-order valence-electron chi connectivity index (χ0n) is 14.0. The maximum Gasteiger partial charge on any atom is 0.284 e. The van der Waals surface area contributed by atoms with Gasteiger partial charge in [0.15, 0.2) is 0 Å². The molecular formula is C17H15BrN4O3S. The van der Waals surface area contributed by atoms with Crippen molar-refractivity contribution in [2.75, 3.05) is 14.1 Å². The summed E-state index contributed by atoms with van der Waals surface area (Å²) in [4.78, 5) is 1.54. The predicted octanol–water partition coefficient (Wildman–Crippen LogP) is 3.44. The molecule has 0 N–H and O–H groups in total. The van der Waals surface area contributed by atoms with Crippen LogP contribution in [0.25, 0.3) is 22.9 Å². The second-order valence-corrected chi connectivity index (χ2v) is 8.09. The Balaban J connectivity index is 2.04. The summed E-state index contributed by atoms with van der Waals surface area (Å²) >= 11 is 3.39. The number of halogens is 1. The molecule has 1 aromatic heterocycles. The van der Waals surface area contributed by atoms with Crippen molar-refractivity contribution >= 4 is 32.3 Å². The zero-order valence-corrected chi connectivity index (χ0v) is 16.4. The molecule has 0 saturated heterocycles. The fraction of sp³-hybridized carbons (Fsp3) is 0.118. The molecule has 0 radical (unpaired) electrons. The van der Waals surface area contributed by atoms with Crippen LogP contribution in [0.15, 0.2) is 66.7 Å². The summed E-state index contributed by atoms with van der Waals surface area (Å²) in [7, 11) is -0.528. The first-order chi connectivity index (χ1) is 12.4. The highest BCUT2D eigenvalue weighted by molar-refractivity contribution is 9.10. The van der Waals surface area contributed by atoms with E-state index in [0.717, 1.165) is 10.0 Å². The predicted molar refractivity (Wildman–Crippen MR) is 102 cm³/mol. The lowest BCUT2D eigenvalue weighted by Gasteiger charge is -2.06. The van der Waals surface area contributed by atoms with E-state index >= 15 is 0 Å². The highest BCUT2D eigenvalue weighted by Crippen LogP contribution is 2.30. The van der Waals surface area contributed by atoms with Crippen molar-refractivity contribution in [1.82, 2.24) is 15.1 Å². The van der Waals surface area contributed by atoms with Gasteiger partial charge < -0.3 is 9.32 Å². The molecule has 0 spiro atoms. The van der Waals surface area contributed by atoms with Gasteiger partial charge in [0.2, 0.25) is 11.8 Å². The van der Waals surface area contributed by atoms with E-state index in [2.05, 4.69) is 30.5 Å². The van der Waals surface area contributed by atoms with E-state index in [1.165, 1.54) is 17.3 Å². The second kappa shape index (κ2) is 7.38. The molecule has 134 valence electrons. The number of benzene rings is 2. The van der Waals surface area contributed by atoms with Gasteiger partial charge >= 0.3 is 0 Å². The Kier molecular flexibility index (Phi) is 5.19. The van der Waals surface area contributed by atoms with Gasteiger partial charge in [0, 0.05) is 24.1 Å². The van der Waals surface area contributed by atoms with Gasteiger partial charge in [-0.15, -0.1) is 14.6 Å². The highest BCUT2D eigenvalue weighted by Gasteiger charge is 2.22. The topological polar surface area (TPSA) is 88.7 Å². The molecule has 26 heavy (non-hydrogen) atoms. The standard InChI is InChI=1S/C17H15BrN4O3S/c1-22(2)11-19-26(23,24)15-9-4-3-8-14(15)17-21-20-16(25-17)12-6-5-7-13(18)10-12/h3-11H,1-2H3/b19-11-. The third kappa shape index (κ3) is 4.00. The number of aromatic nitrogens is 2. The lowest BCUT2D eigenvalue weighted by Crippen LogP contribution is -2.10. The van der Waals surface area contributed by atoms with Crippen molar-refractivity contribution in [3.63, 3.8) is 0 Å². The molecule has 3 rings (SSSR count). The summed E-state index contributed by atoms with van der Waals surface area (Å²) in [6, 6.07) is 13.8.